The zero-order chi connectivity index (χ0) is 12.4. The molecule has 0 radical (unpaired) electrons. The molecule has 96 valence electrons. The van der Waals surface area contributed by atoms with Gasteiger partial charge in [-0.25, -0.2) is 0 Å². The van der Waals surface area contributed by atoms with Crippen LogP contribution in [0.5, 0.6) is 0 Å². The molecule has 2 rings (SSSR count). The van der Waals surface area contributed by atoms with Gasteiger partial charge in [-0.1, -0.05) is 23.2 Å². The van der Waals surface area contributed by atoms with E-state index in [9.17, 15) is 0 Å². The van der Waals surface area contributed by atoms with Crippen molar-refractivity contribution in [3.05, 3.63) is 20.3 Å². The number of ether oxygens (including phenoxy) is 1. The highest BCUT2D eigenvalue weighted by Gasteiger charge is 2.28. The van der Waals surface area contributed by atoms with Gasteiger partial charge in [0.1, 0.15) is 0 Å². The summed E-state index contributed by atoms with van der Waals surface area (Å²) in [4.78, 5) is 0. The molecule has 1 aromatic rings. The standard InChI is InChI=1S/C12H17Cl2NOS/c1-7(8-6-11(13)17-12(8)14)15-9-4-3-5-10(9)16-2/h6-7,9-10,15H,3-5H2,1-2H3. The molecule has 3 unspecified atom stereocenters. The summed E-state index contributed by atoms with van der Waals surface area (Å²) in [6.45, 7) is 2.12. The average molecular weight is 294 g/mol. The molecular formula is C12H17Cl2NOS. The van der Waals surface area contributed by atoms with Crippen molar-refractivity contribution in [1.29, 1.82) is 0 Å². The Kier molecular flexibility index (Phi) is 4.72. The summed E-state index contributed by atoms with van der Waals surface area (Å²) in [5.74, 6) is 0. The maximum Gasteiger partial charge on any atom is 0.0991 e. The number of hydrogen-bond donors (Lipinski definition) is 1. The predicted octanol–water partition coefficient (Wildman–Crippen LogP) is 4.27. The Labute approximate surface area is 116 Å². The SMILES string of the molecule is COC1CCCC1NC(C)c1cc(Cl)sc1Cl. The number of methoxy groups -OCH3 is 1. The number of rotatable bonds is 4. The molecule has 3 atom stereocenters. The molecule has 1 aliphatic carbocycles. The van der Waals surface area contributed by atoms with Gasteiger partial charge in [0.25, 0.3) is 0 Å². The molecule has 1 saturated carbocycles. The number of halogens is 2. The van der Waals surface area contributed by atoms with Crippen molar-refractivity contribution in [2.75, 3.05) is 7.11 Å². The maximum absolute atomic E-state index is 6.16. The van der Waals surface area contributed by atoms with Crippen LogP contribution in [0.4, 0.5) is 0 Å². The third-order valence-electron chi connectivity index (χ3n) is 3.37. The van der Waals surface area contributed by atoms with E-state index in [0.717, 1.165) is 20.7 Å². The van der Waals surface area contributed by atoms with E-state index in [0.29, 0.717) is 12.1 Å². The lowest BCUT2D eigenvalue weighted by Gasteiger charge is -2.24. The van der Waals surface area contributed by atoms with Crippen LogP contribution in [0.1, 0.15) is 37.8 Å². The topological polar surface area (TPSA) is 21.3 Å². The largest absolute Gasteiger partial charge is 0.380 e. The van der Waals surface area contributed by atoms with Gasteiger partial charge in [0, 0.05) is 19.2 Å². The summed E-state index contributed by atoms with van der Waals surface area (Å²) in [6.07, 6.45) is 3.85. The van der Waals surface area contributed by atoms with Crippen LogP contribution in [-0.2, 0) is 4.74 Å². The number of hydrogen-bond acceptors (Lipinski definition) is 3. The van der Waals surface area contributed by atoms with E-state index in [-0.39, 0.29) is 6.04 Å². The molecule has 1 heterocycles. The Morgan fingerprint density at radius 3 is 2.82 bits per heavy atom. The van der Waals surface area contributed by atoms with E-state index in [1.165, 1.54) is 24.2 Å². The van der Waals surface area contributed by atoms with E-state index in [1.807, 2.05) is 6.07 Å². The summed E-state index contributed by atoms with van der Waals surface area (Å²) in [6, 6.07) is 2.58. The first-order valence-electron chi connectivity index (χ1n) is 5.85. The van der Waals surface area contributed by atoms with Gasteiger partial charge in [0.05, 0.1) is 14.8 Å². The summed E-state index contributed by atoms with van der Waals surface area (Å²) in [5, 5.41) is 3.59. The lowest BCUT2D eigenvalue weighted by Crippen LogP contribution is -2.38. The molecule has 17 heavy (non-hydrogen) atoms. The highest BCUT2D eigenvalue weighted by molar-refractivity contribution is 7.20. The van der Waals surface area contributed by atoms with Crippen molar-refractivity contribution in [1.82, 2.24) is 5.32 Å². The zero-order valence-corrected chi connectivity index (χ0v) is 12.3. The van der Waals surface area contributed by atoms with Crippen LogP contribution < -0.4 is 5.32 Å². The van der Waals surface area contributed by atoms with Crippen LogP contribution in [-0.4, -0.2) is 19.3 Å². The first kappa shape index (κ1) is 13.6. The molecule has 2 nitrogen and oxygen atoms in total. The Morgan fingerprint density at radius 2 is 2.24 bits per heavy atom. The van der Waals surface area contributed by atoms with E-state index in [1.54, 1.807) is 7.11 Å². The Bertz CT molecular complexity index is 383. The second kappa shape index (κ2) is 5.89. The molecule has 1 N–H and O–H groups in total. The van der Waals surface area contributed by atoms with Gasteiger partial charge in [-0.15, -0.1) is 11.3 Å². The van der Waals surface area contributed by atoms with Crippen molar-refractivity contribution in [2.24, 2.45) is 0 Å². The number of thiophene rings is 1. The van der Waals surface area contributed by atoms with E-state index >= 15 is 0 Å². The lowest BCUT2D eigenvalue weighted by molar-refractivity contribution is 0.0820. The maximum atomic E-state index is 6.16. The molecule has 0 bridgehead atoms. The lowest BCUT2D eigenvalue weighted by atomic mass is 10.1. The minimum absolute atomic E-state index is 0.215. The van der Waals surface area contributed by atoms with E-state index < -0.39 is 0 Å². The summed E-state index contributed by atoms with van der Waals surface area (Å²) >= 11 is 13.5. The zero-order valence-electron chi connectivity index (χ0n) is 10.0. The molecule has 1 aliphatic rings. The molecule has 0 aliphatic heterocycles. The Hall–Kier alpha value is 0.200. The van der Waals surface area contributed by atoms with E-state index in [4.69, 9.17) is 27.9 Å². The highest BCUT2D eigenvalue weighted by Crippen LogP contribution is 2.35. The van der Waals surface area contributed by atoms with Gasteiger partial charge in [-0.2, -0.15) is 0 Å². The first-order valence-corrected chi connectivity index (χ1v) is 7.42. The molecule has 1 fully saturated rings. The fourth-order valence-corrected chi connectivity index (χ4v) is 4.10. The van der Waals surface area contributed by atoms with Crippen LogP contribution in [0.25, 0.3) is 0 Å². The third kappa shape index (κ3) is 3.15. The fourth-order valence-electron chi connectivity index (χ4n) is 2.46. The Balaban J connectivity index is 2.01. The van der Waals surface area contributed by atoms with Crippen molar-refractivity contribution in [3.63, 3.8) is 0 Å². The summed E-state index contributed by atoms with van der Waals surface area (Å²) < 4.78 is 7.00. The highest BCUT2D eigenvalue weighted by atomic mass is 35.5. The molecular weight excluding hydrogens is 277 g/mol. The monoisotopic (exact) mass is 293 g/mol. The van der Waals surface area contributed by atoms with Crippen molar-refractivity contribution in [3.8, 4) is 0 Å². The fraction of sp³-hybridized carbons (Fsp3) is 0.667. The van der Waals surface area contributed by atoms with Crippen LogP contribution in [0, 0.1) is 0 Å². The predicted molar refractivity (Wildman–Crippen MR) is 74.3 cm³/mol. The summed E-state index contributed by atoms with van der Waals surface area (Å²) in [5.41, 5.74) is 1.09. The van der Waals surface area contributed by atoms with Gasteiger partial charge in [-0.05, 0) is 37.8 Å². The van der Waals surface area contributed by atoms with Gasteiger partial charge >= 0.3 is 0 Å². The normalized spacial score (nSPS) is 26.4. The van der Waals surface area contributed by atoms with Gasteiger partial charge in [-0.3, -0.25) is 0 Å². The molecule has 0 amide bonds. The van der Waals surface area contributed by atoms with Crippen LogP contribution in [0.2, 0.25) is 8.67 Å². The van der Waals surface area contributed by atoms with E-state index in [2.05, 4.69) is 12.2 Å². The molecule has 1 aromatic heterocycles. The second-order valence-electron chi connectivity index (χ2n) is 4.48. The smallest absolute Gasteiger partial charge is 0.0991 e. The van der Waals surface area contributed by atoms with Crippen molar-refractivity contribution < 1.29 is 4.74 Å². The van der Waals surface area contributed by atoms with Crippen LogP contribution in [0.15, 0.2) is 6.07 Å². The molecule has 0 saturated heterocycles. The molecule has 0 spiro atoms. The quantitative estimate of drug-likeness (QED) is 0.895. The minimum Gasteiger partial charge on any atom is -0.380 e. The molecule has 0 aromatic carbocycles. The number of nitrogens with one attached hydrogen (secondary N) is 1. The third-order valence-corrected chi connectivity index (χ3v) is 4.89. The van der Waals surface area contributed by atoms with Crippen molar-refractivity contribution in [2.45, 2.75) is 44.4 Å². The summed E-state index contributed by atoms with van der Waals surface area (Å²) in [7, 11) is 1.78. The first-order chi connectivity index (χ1) is 8.11. The molecule has 5 heteroatoms. The second-order valence-corrected chi connectivity index (χ2v) is 6.77. The van der Waals surface area contributed by atoms with Gasteiger partial charge in [0.15, 0.2) is 0 Å². The minimum atomic E-state index is 0.215. The average Bonchev–Trinajstić information content (AvgIpc) is 2.84. The van der Waals surface area contributed by atoms with Crippen LogP contribution >= 0.6 is 34.5 Å². The van der Waals surface area contributed by atoms with Gasteiger partial charge in [0.2, 0.25) is 0 Å². The van der Waals surface area contributed by atoms with Crippen LogP contribution in [0.3, 0.4) is 0 Å². The van der Waals surface area contributed by atoms with Gasteiger partial charge < -0.3 is 10.1 Å². The van der Waals surface area contributed by atoms with Crippen molar-refractivity contribution >= 4 is 34.5 Å². The Morgan fingerprint density at radius 1 is 1.47 bits per heavy atom.